The van der Waals surface area contributed by atoms with Gasteiger partial charge in [0.2, 0.25) is 0 Å². The SMILES string of the molecule is CC(C)n1cc(C(=O)NCc2cc(Cl)c3c(c2)OCCO3)cn1. The molecule has 0 saturated heterocycles. The largest absolute Gasteiger partial charge is 0.486 e. The average Bonchev–Trinajstić information content (AvgIpc) is 3.03. The van der Waals surface area contributed by atoms with Crippen LogP contribution in [-0.4, -0.2) is 28.9 Å². The molecule has 1 N–H and O–H groups in total. The Morgan fingerprint density at radius 3 is 2.91 bits per heavy atom. The van der Waals surface area contributed by atoms with Crippen molar-refractivity contribution >= 4 is 17.5 Å². The fourth-order valence-corrected chi connectivity index (χ4v) is 2.58. The molecule has 0 spiro atoms. The van der Waals surface area contributed by atoms with Crippen LogP contribution >= 0.6 is 11.6 Å². The lowest BCUT2D eigenvalue weighted by Crippen LogP contribution is -2.23. The minimum Gasteiger partial charge on any atom is -0.486 e. The molecular weight excluding hydrogens is 318 g/mol. The van der Waals surface area contributed by atoms with E-state index >= 15 is 0 Å². The number of nitrogens with one attached hydrogen (secondary N) is 1. The van der Waals surface area contributed by atoms with Crippen LogP contribution in [0.15, 0.2) is 24.5 Å². The van der Waals surface area contributed by atoms with Gasteiger partial charge in [-0.3, -0.25) is 9.48 Å². The van der Waals surface area contributed by atoms with E-state index in [-0.39, 0.29) is 11.9 Å². The van der Waals surface area contributed by atoms with E-state index in [9.17, 15) is 4.79 Å². The molecule has 1 aromatic heterocycles. The van der Waals surface area contributed by atoms with E-state index < -0.39 is 0 Å². The monoisotopic (exact) mass is 335 g/mol. The quantitative estimate of drug-likeness (QED) is 0.933. The molecule has 1 aromatic carbocycles. The summed E-state index contributed by atoms with van der Waals surface area (Å²) in [5.41, 5.74) is 1.38. The Balaban J connectivity index is 1.68. The first-order valence-electron chi connectivity index (χ1n) is 7.45. The summed E-state index contributed by atoms with van der Waals surface area (Å²) in [7, 11) is 0. The van der Waals surface area contributed by atoms with Crippen LogP contribution in [0.2, 0.25) is 5.02 Å². The van der Waals surface area contributed by atoms with Gasteiger partial charge in [-0.1, -0.05) is 11.6 Å². The van der Waals surface area contributed by atoms with Gasteiger partial charge in [0.25, 0.3) is 5.91 Å². The third-order valence-corrected chi connectivity index (χ3v) is 3.78. The molecule has 3 rings (SSSR count). The average molecular weight is 336 g/mol. The third-order valence-electron chi connectivity index (χ3n) is 3.50. The zero-order valence-corrected chi connectivity index (χ0v) is 13.8. The van der Waals surface area contributed by atoms with Gasteiger partial charge < -0.3 is 14.8 Å². The molecule has 7 heteroatoms. The van der Waals surface area contributed by atoms with Crippen LogP contribution in [-0.2, 0) is 6.54 Å². The number of rotatable bonds is 4. The maximum Gasteiger partial charge on any atom is 0.254 e. The van der Waals surface area contributed by atoms with Gasteiger partial charge in [0, 0.05) is 18.8 Å². The number of fused-ring (bicyclic) bond motifs is 1. The van der Waals surface area contributed by atoms with E-state index in [4.69, 9.17) is 21.1 Å². The van der Waals surface area contributed by atoms with Crippen molar-refractivity contribution in [2.45, 2.75) is 26.4 Å². The molecule has 0 unspecified atom stereocenters. The minimum atomic E-state index is -0.178. The number of carbonyl (C=O) groups excluding carboxylic acids is 1. The van der Waals surface area contributed by atoms with Crippen LogP contribution < -0.4 is 14.8 Å². The van der Waals surface area contributed by atoms with Crippen LogP contribution in [0.25, 0.3) is 0 Å². The van der Waals surface area contributed by atoms with Crippen molar-refractivity contribution in [3.05, 3.63) is 40.7 Å². The number of nitrogens with zero attached hydrogens (tertiary/aromatic N) is 2. The van der Waals surface area contributed by atoms with Gasteiger partial charge in [0.1, 0.15) is 13.2 Å². The smallest absolute Gasteiger partial charge is 0.254 e. The number of hydrogen-bond donors (Lipinski definition) is 1. The second-order valence-electron chi connectivity index (χ2n) is 5.59. The van der Waals surface area contributed by atoms with Crippen LogP contribution in [0.3, 0.4) is 0 Å². The fourth-order valence-electron chi connectivity index (χ4n) is 2.29. The summed E-state index contributed by atoms with van der Waals surface area (Å²) < 4.78 is 12.8. The summed E-state index contributed by atoms with van der Waals surface area (Å²) in [4.78, 5) is 12.2. The van der Waals surface area contributed by atoms with Gasteiger partial charge in [-0.25, -0.2) is 0 Å². The molecule has 0 fully saturated rings. The highest BCUT2D eigenvalue weighted by atomic mass is 35.5. The second kappa shape index (κ2) is 6.50. The normalized spacial score (nSPS) is 13.2. The summed E-state index contributed by atoms with van der Waals surface area (Å²) in [6.07, 6.45) is 3.29. The molecule has 2 aromatic rings. The summed E-state index contributed by atoms with van der Waals surface area (Å²) >= 11 is 6.19. The molecule has 1 aliphatic heterocycles. The topological polar surface area (TPSA) is 65.4 Å². The van der Waals surface area contributed by atoms with Gasteiger partial charge in [-0.2, -0.15) is 5.10 Å². The van der Waals surface area contributed by atoms with Gasteiger partial charge in [0.15, 0.2) is 11.5 Å². The Bertz CT molecular complexity index is 727. The molecule has 1 amide bonds. The first-order chi connectivity index (χ1) is 11.0. The van der Waals surface area contributed by atoms with Crippen molar-refractivity contribution in [1.82, 2.24) is 15.1 Å². The Morgan fingerprint density at radius 2 is 2.17 bits per heavy atom. The van der Waals surface area contributed by atoms with E-state index in [0.29, 0.717) is 41.8 Å². The number of carbonyl (C=O) groups is 1. The number of ether oxygens (including phenoxy) is 2. The zero-order chi connectivity index (χ0) is 16.4. The summed E-state index contributed by atoms with van der Waals surface area (Å²) in [5.74, 6) is 0.995. The van der Waals surface area contributed by atoms with E-state index in [2.05, 4.69) is 10.4 Å². The molecule has 122 valence electrons. The van der Waals surface area contributed by atoms with Crippen molar-refractivity contribution in [3.8, 4) is 11.5 Å². The predicted octanol–water partition coefficient (Wildman–Crippen LogP) is 2.82. The molecule has 0 saturated carbocycles. The van der Waals surface area contributed by atoms with E-state index in [0.717, 1.165) is 5.56 Å². The van der Waals surface area contributed by atoms with Gasteiger partial charge in [0.05, 0.1) is 16.8 Å². The molecule has 2 heterocycles. The van der Waals surface area contributed by atoms with Crippen molar-refractivity contribution in [2.24, 2.45) is 0 Å². The Morgan fingerprint density at radius 1 is 1.39 bits per heavy atom. The standard InChI is InChI=1S/C16H18ClN3O3/c1-10(2)20-9-12(8-19-20)16(21)18-7-11-5-13(17)15-14(6-11)22-3-4-23-15/h5-6,8-10H,3-4,7H2,1-2H3,(H,18,21). The van der Waals surface area contributed by atoms with Gasteiger partial charge in [-0.15, -0.1) is 0 Å². The highest BCUT2D eigenvalue weighted by molar-refractivity contribution is 6.32. The minimum absolute atomic E-state index is 0.178. The molecule has 1 aliphatic rings. The van der Waals surface area contributed by atoms with Crippen LogP contribution in [0.5, 0.6) is 11.5 Å². The molecule has 0 radical (unpaired) electrons. The highest BCUT2D eigenvalue weighted by Gasteiger charge is 2.17. The molecule has 23 heavy (non-hydrogen) atoms. The number of benzene rings is 1. The lowest BCUT2D eigenvalue weighted by atomic mass is 10.2. The van der Waals surface area contributed by atoms with Crippen molar-refractivity contribution < 1.29 is 14.3 Å². The van der Waals surface area contributed by atoms with Gasteiger partial charge in [-0.05, 0) is 31.5 Å². The number of amides is 1. The molecule has 0 bridgehead atoms. The van der Waals surface area contributed by atoms with Crippen LogP contribution in [0.4, 0.5) is 0 Å². The van der Waals surface area contributed by atoms with Crippen LogP contribution in [0.1, 0.15) is 35.8 Å². The van der Waals surface area contributed by atoms with Crippen molar-refractivity contribution in [1.29, 1.82) is 0 Å². The predicted molar refractivity (Wildman–Crippen MR) is 86.2 cm³/mol. The lowest BCUT2D eigenvalue weighted by molar-refractivity contribution is 0.0950. The first kappa shape index (κ1) is 15.7. The maximum absolute atomic E-state index is 12.2. The molecule has 6 nitrogen and oxygen atoms in total. The van der Waals surface area contributed by atoms with Crippen molar-refractivity contribution in [2.75, 3.05) is 13.2 Å². The van der Waals surface area contributed by atoms with E-state index in [1.807, 2.05) is 19.9 Å². The third kappa shape index (κ3) is 3.42. The molecule has 0 aliphatic carbocycles. The molecule has 0 atom stereocenters. The van der Waals surface area contributed by atoms with Crippen LogP contribution in [0, 0.1) is 0 Å². The van der Waals surface area contributed by atoms with Crippen molar-refractivity contribution in [3.63, 3.8) is 0 Å². The highest BCUT2D eigenvalue weighted by Crippen LogP contribution is 2.38. The number of hydrogen-bond acceptors (Lipinski definition) is 4. The Kier molecular flexibility index (Phi) is 4.43. The zero-order valence-electron chi connectivity index (χ0n) is 13.0. The summed E-state index contributed by atoms with van der Waals surface area (Å²) in [6.45, 7) is 5.34. The fraction of sp³-hybridized carbons (Fsp3) is 0.375. The molecular formula is C16H18ClN3O3. The van der Waals surface area contributed by atoms with Gasteiger partial charge >= 0.3 is 0 Å². The Labute approximate surface area is 139 Å². The van der Waals surface area contributed by atoms with E-state index in [1.165, 1.54) is 0 Å². The number of aromatic nitrogens is 2. The maximum atomic E-state index is 12.2. The Hall–Kier alpha value is -2.21. The van der Waals surface area contributed by atoms with E-state index in [1.54, 1.807) is 23.1 Å². The number of halogens is 1. The lowest BCUT2D eigenvalue weighted by Gasteiger charge is -2.20. The summed E-state index contributed by atoms with van der Waals surface area (Å²) in [6, 6.07) is 3.82. The first-order valence-corrected chi connectivity index (χ1v) is 7.83. The second-order valence-corrected chi connectivity index (χ2v) is 5.99. The summed E-state index contributed by atoms with van der Waals surface area (Å²) in [5, 5.41) is 7.50.